The quantitative estimate of drug-likeness (QED) is 0.225. The second-order valence-corrected chi connectivity index (χ2v) is 5.11. The van der Waals surface area contributed by atoms with E-state index in [0.717, 1.165) is 0 Å². The summed E-state index contributed by atoms with van der Waals surface area (Å²) in [5, 5.41) is 15.6. The number of nitrogens with two attached hydrogens (primary N) is 1. The first-order chi connectivity index (χ1) is 10.2. The monoisotopic (exact) mass is 352 g/mol. The van der Waals surface area contributed by atoms with Gasteiger partial charge in [-0.05, 0) is 6.92 Å². The second-order valence-electron chi connectivity index (χ2n) is 4.38. The molecular formula is C11H20N4O5S2. The van der Waals surface area contributed by atoms with Crippen LogP contribution in [0, 0.1) is 0 Å². The predicted octanol–water partition coefficient (Wildman–Crippen LogP) is -2.64. The number of amides is 3. The molecule has 0 aliphatic carbocycles. The molecule has 11 heteroatoms. The molecule has 0 aromatic rings. The molecule has 0 rings (SSSR count). The number of carbonyl (C=O) groups is 4. The highest BCUT2D eigenvalue weighted by molar-refractivity contribution is 7.80. The largest absolute Gasteiger partial charge is 0.480 e. The summed E-state index contributed by atoms with van der Waals surface area (Å²) in [5.74, 6) is -3.00. The Labute approximate surface area is 138 Å². The molecule has 0 spiro atoms. The van der Waals surface area contributed by atoms with Crippen LogP contribution in [0.2, 0.25) is 0 Å². The van der Waals surface area contributed by atoms with Gasteiger partial charge in [0.15, 0.2) is 0 Å². The molecule has 0 aliphatic rings. The van der Waals surface area contributed by atoms with E-state index in [1.165, 1.54) is 6.92 Å². The molecule has 22 heavy (non-hydrogen) atoms. The number of hydrogen-bond donors (Lipinski definition) is 7. The summed E-state index contributed by atoms with van der Waals surface area (Å²) in [6, 6.07) is -2.88. The lowest BCUT2D eigenvalue weighted by molar-refractivity contribution is -0.141. The molecule has 3 atom stereocenters. The van der Waals surface area contributed by atoms with E-state index in [2.05, 4.69) is 41.2 Å². The van der Waals surface area contributed by atoms with Crippen LogP contribution < -0.4 is 21.7 Å². The van der Waals surface area contributed by atoms with Crippen LogP contribution in [0.25, 0.3) is 0 Å². The number of aliphatic carboxylic acids is 1. The van der Waals surface area contributed by atoms with Gasteiger partial charge in [-0.1, -0.05) is 0 Å². The van der Waals surface area contributed by atoms with Crippen molar-refractivity contribution in [3.8, 4) is 0 Å². The summed E-state index contributed by atoms with van der Waals surface area (Å²) in [5.41, 5.74) is 5.44. The first-order valence-corrected chi connectivity index (χ1v) is 7.57. The smallest absolute Gasteiger partial charge is 0.327 e. The third kappa shape index (κ3) is 7.52. The number of carboxylic acid groups (broad SMARTS) is 1. The topological polar surface area (TPSA) is 151 Å². The molecule has 0 saturated carbocycles. The average Bonchev–Trinajstić information content (AvgIpc) is 2.48. The third-order valence-corrected chi connectivity index (χ3v) is 3.28. The molecule has 0 saturated heterocycles. The van der Waals surface area contributed by atoms with Gasteiger partial charge < -0.3 is 26.8 Å². The lowest BCUT2D eigenvalue weighted by Crippen LogP contribution is -2.52. The highest BCUT2D eigenvalue weighted by Crippen LogP contribution is 1.90. The molecule has 0 fully saturated rings. The Balaban J connectivity index is 4.24. The Hall–Kier alpha value is -1.46. The van der Waals surface area contributed by atoms with E-state index < -0.39 is 48.4 Å². The predicted molar refractivity (Wildman–Crippen MR) is 85.9 cm³/mol. The van der Waals surface area contributed by atoms with Crippen LogP contribution in [-0.4, -0.2) is 65.0 Å². The van der Waals surface area contributed by atoms with E-state index in [9.17, 15) is 19.2 Å². The molecule has 6 N–H and O–H groups in total. The van der Waals surface area contributed by atoms with Gasteiger partial charge in [0.2, 0.25) is 17.7 Å². The van der Waals surface area contributed by atoms with Gasteiger partial charge in [-0.25, -0.2) is 4.79 Å². The minimum absolute atomic E-state index is 0.0803. The van der Waals surface area contributed by atoms with Gasteiger partial charge >= 0.3 is 5.97 Å². The first-order valence-electron chi connectivity index (χ1n) is 6.30. The van der Waals surface area contributed by atoms with Crippen molar-refractivity contribution in [2.45, 2.75) is 25.0 Å². The van der Waals surface area contributed by atoms with E-state index in [0.29, 0.717) is 0 Å². The SMILES string of the molecule is CC(NC(=O)C(N)CS)C(=O)NCC(=O)NC(CS)C(=O)O. The molecule has 0 radical (unpaired) electrons. The van der Waals surface area contributed by atoms with Gasteiger partial charge in [0, 0.05) is 11.5 Å². The normalized spacial score (nSPS) is 14.4. The fraction of sp³-hybridized carbons (Fsp3) is 0.636. The van der Waals surface area contributed by atoms with Gasteiger partial charge in [-0.3, -0.25) is 14.4 Å². The maximum atomic E-state index is 11.7. The Kier molecular flexibility index (Phi) is 9.61. The van der Waals surface area contributed by atoms with Crippen LogP contribution in [0.3, 0.4) is 0 Å². The summed E-state index contributed by atoms with van der Waals surface area (Å²) < 4.78 is 0. The van der Waals surface area contributed by atoms with Crippen LogP contribution >= 0.6 is 25.3 Å². The fourth-order valence-electron chi connectivity index (χ4n) is 1.22. The number of carbonyl (C=O) groups excluding carboxylic acids is 3. The summed E-state index contributed by atoms with van der Waals surface area (Å²) >= 11 is 7.65. The Morgan fingerprint density at radius 2 is 1.68 bits per heavy atom. The average molecular weight is 352 g/mol. The molecule has 0 aromatic heterocycles. The number of hydrogen-bond acceptors (Lipinski definition) is 7. The summed E-state index contributed by atoms with van der Waals surface area (Å²) in [6.45, 7) is 0.999. The van der Waals surface area contributed by atoms with Crippen molar-refractivity contribution in [2.75, 3.05) is 18.1 Å². The van der Waals surface area contributed by atoms with Crippen molar-refractivity contribution in [1.29, 1.82) is 0 Å². The van der Waals surface area contributed by atoms with Crippen molar-refractivity contribution in [2.24, 2.45) is 5.73 Å². The van der Waals surface area contributed by atoms with E-state index in [-0.39, 0.29) is 11.5 Å². The van der Waals surface area contributed by atoms with Gasteiger partial charge in [-0.15, -0.1) is 0 Å². The molecule has 0 bridgehead atoms. The molecular weight excluding hydrogens is 332 g/mol. The van der Waals surface area contributed by atoms with E-state index in [1.807, 2.05) is 0 Å². The number of carboxylic acids is 1. The Morgan fingerprint density at radius 1 is 1.09 bits per heavy atom. The number of thiol groups is 2. The highest BCUT2D eigenvalue weighted by atomic mass is 32.1. The minimum Gasteiger partial charge on any atom is -0.480 e. The molecule has 3 amide bonds. The lowest BCUT2D eigenvalue weighted by Gasteiger charge is -2.17. The lowest BCUT2D eigenvalue weighted by atomic mass is 10.2. The Bertz CT molecular complexity index is 435. The highest BCUT2D eigenvalue weighted by Gasteiger charge is 2.21. The molecule has 0 aliphatic heterocycles. The zero-order valence-corrected chi connectivity index (χ0v) is 13.7. The first kappa shape index (κ1) is 20.5. The van der Waals surface area contributed by atoms with Crippen molar-refractivity contribution in [3.63, 3.8) is 0 Å². The Morgan fingerprint density at radius 3 is 2.14 bits per heavy atom. The standard InChI is InChI=1S/C11H20N4O5S2/c1-5(14-10(18)6(12)3-21)9(17)13-2-8(16)15-7(4-22)11(19)20/h5-7,21-22H,2-4,12H2,1H3,(H,13,17)(H,14,18)(H,15,16)(H,19,20). The molecule has 126 valence electrons. The van der Waals surface area contributed by atoms with Crippen LogP contribution in [0.15, 0.2) is 0 Å². The van der Waals surface area contributed by atoms with Crippen LogP contribution in [0.4, 0.5) is 0 Å². The van der Waals surface area contributed by atoms with Crippen LogP contribution in [0.5, 0.6) is 0 Å². The van der Waals surface area contributed by atoms with Crippen LogP contribution in [-0.2, 0) is 19.2 Å². The van der Waals surface area contributed by atoms with Gasteiger partial charge in [0.1, 0.15) is 12.1 Å². The van der Waals surface area contributed by atoms with E-state index >= 15 is 0 Å². The molecule has 3 unspecified atom stereocenters. The van der Waals surface area contributed by atoms with Crippen molar-refractivity contribution < 1.29 is 24.3 Å². The zero-order valence-electron chi connectivity index (χ0n) is 11.9. The number of rotatable bonds is 9. The van der Waals surface area contributed by atoms with E-state index in [1.54, 1.807) is 0 Å². The zero-order chi connectivity index (χ0) is 17.3. The molecule has 0 aromatic carbocycles. The van der Waals surface area contributed by atoms with Crippen molar-refractivity contribution in [1.82, 2.24) is 16.0 Å². The summed E-state index contributed by atoms with van der Waals surface area (Å²) in [7, 11) is 0. The molecule has 9 nitrogen and oxygen atoms in total. The van der Waals surface area contributed by atoms with Crippen LogP contribution in [0.1, 0.15) is 6.92 Å². The van der Waals surface area contributed by atoms with Crippen molar-refractivity contribution >= 4 is 48.9 Å². The maximum Gasteiger partial charge on any atom is 0.327 e. The van der Waals surface area contributed by atoms with Gasteiger partial charge in [0.05, 0.1) is 12.6 Å². The van der Waals surface area contributed by atoms with Crippen molar-refractivity contribution in [3.05, 3.63) is 0 Å². The minimum atomic E-state index is -1.23. The summed E-state index contributed by atoms with van der Waals surface area (Å²) in [6.07, 6.45) is 0. The third-order valence-electron chi connectivity index (χ3n) is 2.52. The molecule has 0 heterocycles. The van der Waals surface area contributed by atoms with E-state index in [4.69, 9.17) is 10.8 Å². The summed E-state index contributed by atoms with van der Waals surface area (Å²) in [4.78, 5) is 45.3. The maximum absolute atomic E-state index is 11.7. The van der Waals surface area contributed by atoms with Gasteiger partial charge in [-0.2, -0.15) is 25.3 Å². The fourth-order valence-corrected chi connectivity index (χ4v) is 1.63. The second kappa shape index (κ2) is 10.3. The van der Waals surface area contributed by atoms with Gasteiger partial charge in [0.25, 0.3) is 0 Å². The number of nitrogens with one attached hydrogen (secondary N) is 3.